The number of carbonyl (C=O) groups is 2. The molecule has 0 saturated carbocycles. The Kier molecular flexibility index (Phi) is 31.5. The molecule has 1 saturated heterocycles. The van der Waals surface area contributed by atoms with Crippen LogP contribution in [0.4, 0.5) is 0 Å². The molecule has 1 fully saturated rings. The predicted molar refractivity (Wildman–Crippen MR) is 222 cm³/mol. The van der Waals surface area contributed by atoms with Gasteiger partial charge in [0.1, 0.15) is 52.5 Å². The van der Waals surface area contributed by atoms with Crippen molar-refractivity contribution in [1.82, 2.24) is 0 Å². The fraction of sp³-hybridized carbons (Fsp3) is 0.870. The molecule has 0 atom stereocenters. The smallest absolute Gasteiger partial charge is 0.305 e. The van der Waals surface area contributed by atoms with Gasteiger partial charge in [0, 0.05) is 12.8 Å². The Bertz CT molecular complexity index is 821. The van der Waals surface area contributed by atoms with Gasteiger partial charge in [-0.3, -0.25) is 9.59 Å². The third-order valence-corrected chi connectivity index (χ3v) is 11.4. The Morgan fingerprint density at radius 2 is 0.692 bits per heavy atom. The van der Waals surface area contributed by atoms with Crippen LogP contribution in [0.3, 0.4) is 0 Å². The molecule has 0 N–H and O–H groups in total. The van der Waals surface area contributed by atoms with Gasteiger partial charge in [-0.2, -0.15) is 0 Å². The Hall–Kier alpha value is -1.66. The number of unbranched alkanes of at least 4 members (excludes halogenated alkanes) is 22. The van der Waals surface area contributed by atoms with E-state index in [2.05, 4.69) is 52.2 Å². The number of hydrogen-bond donors (Lipinski definition) is 0. The molecule has 0 bridgehead atoms. The molecule has 1 aliphatic heterocycles. The van der Waals surface area contributed by atoms with Crippen molar-refractivity contribution in [1.29, 1.82) is 0 Å². The standard InChI is InChI=1S/C46H88N2O4/c1-5-7-9-11-13-15-17-19-21-23-25-27-29-31-33-35-45(49)51-43-41-47(3)37-39-48(4,40-38-47)42-44-52-46(50)36-34-32-30-28-26-24-22-20-18-16-14-12-10-8-6-2/h19-22H,5-18,23-44H2,1-4H3/q+2/b21-19+,22-20+. The van der Waals surface area contributed by atoms with Crippen LogP contribution in [0.25, 0.3) is 0 Å². The summed E-state index contributed by atoms with van der Waals surface area (Å²) in [6.45, 7) is 11.6. The summed E-state index contributed by atoms with van der Waals surface area (Å²) >= 11 is 0. The molecule has 0 unspecified atom stereocenters. The summed E-state index contributed by atoms with van der Waals surface area (Å²) < 4.78 is 13.2. The molecule has 0 aromatic heterocycles. The van der Waals surface area contributed by atoms with Crippen molar-refractivity contribution in [2.24, 2.45) is 0 Å². The summed E-state index contributed by atoms with van der Waals surface area (Å²) in [4.78, 5) is 24.6. The average molecular weight is 733 g/mol. The van der Waals surface area contributed by atoms with Gasteiger partial charge in [0.15, 0.2) is 0 Å². The average Bonchev–Trinajstić information content (AvgIpc) is 3.13. The number of nitrogens with zero attached hydrogens (tertiary/aromatic N) is 2. The van der Waals surface area contributed by atoms with Gasteiger partial charge in [0.25, 0.3) is 0 Å². The zero-order valence-electron chi connectivity index (χ0n) is 35.3. The molecule has 0 spiro atoms. The van der Waals surface area contributed by atoms with Gasteiger partial charge < -0.3 is 18.4 Å². The first kappa shape index (κ1) is 48.4. The molecule has 6 nitrogen and oxygen atoms in total. The number of likely N-dealkylation sites (N-methyl/N-ethyl adjacent to an activating group) is 2. The number of esters is 2. The SMILES string of the molecule is CCCCCCCC/C=C/CCCCCCCC(=O)OCC[N+]1(C)CC[N+](C)(CCOC(=O)CCCCCCC/C=C/CCCCCCCC)CC1. The van der Waals surface area contributed by atoms with Gasteiger partial charge >= 0.3 is 11.9 Å². The minimum absolute atomic E-state index is 0.0366. The van der Waals surface area contributed by atoms with Crippen LogP contribution in [-0.4, -0.2) is 87.5 Å². The first-order chi connectivity index (χ1) is 25.3. The van der Waals surface area contributed by atoms with Crippen molar-refractivity contribution in [2.75, 3.05) is 66.6 Å². The van der Waals surface area contributed by atoms with Gasteiger partial charge in [-0.15, -0.1) is 0 Å². The lowest BCUT2D eigenvalue weighted by Gasteiger charge is -2.46. The highest BCUT2D eigenvalue weighted by molar-refractivity contribution is 5.69. The highest BCUT2D eigenvalue weighted by atomic mass is 16.5. The van der Waals surface area contributed by atoms with E-state index in [1.54, 1.807) is 0 Å². The largest absolute Gasteiger partial charge is 0.460 e. The van der Waals surface area contributed by atoms with E-state index in [4.69, 9.17) is 9.47 Å². The van der Waals surface area contributed by atoms with E-state index >= 15 is 0 Å². The van der Waals surface area contributed by atoms with Crippen LogP contribution < -0.4 is 0 Å². The molecule has 1 heterocycles. The first-order valence-corrected chi connectivity index (χ1v) is 22.6. The van der Waals surface area contributed by atoms with Crippen molar-refractivity contribution in [3.63, 3.8) is 0 Å². The molecular formula is C46H88N2O4+2. The first-order valence-electron chi connectivity index (χ1n) is 22.6. The lowest BCUT2D eigenvalue weighted by Crippen LogP contribution is -2.65. The Labute approximate surface area is 323 Å². The monoisotopic (exact) mass is 733 g/mol. The lowest BCUT2D eigenvalue weighted by molar-refractivity contribution is -1.02. The maximum absolute atomic E-state index is 12.3. The number of hydrogen-bond acceptors (Lipinski definition) is 4. The van der Waals surface area contributed by atoms with Crippen molar-refractivity contribution >= 4 is 11.9 Å². The Balaban J connectivity index is 1.96. The van der Waals surface area contributed by atoms with Crippen molar-refractivity contribution in [2.45, 2.75) is 194 Å². The van der Waals surface area contributed by atoms with Crippen LogP contribution in [0, 0.1) is 0 Å². The zero-order chi connectivity index (χ0) is 37.9. The van der Waals surface area contributed by atoms with E-state index in [1.807, 2.05) is 0 Å². The van der Waals surface area contributed by atoms with Crippen LogP contribution in [-0.2, 0) is 19.1 Å². The maximum atomic E-state index is 12.3. The fourth-order valence-corrected chi connectivity index (χ4v) is 7.22. The van der Waals surface area contributed by atoms with Crippen molar-refractivity contribution in [3.8, 4) is 0 Å². The van der Waals surface area contributed by atoms with Crippen molar-refractivity contribution in [3.05, 3.63) is 24.3 Å². The molecule has 1 rings (SSSR count). The molecular weight excluding hydrogens is 645 g/mol. The summed E-state index contributed by atoms with van der Waals surface area (Å²) in [6, 6.07) is 0. The van der Waals surface area contributed by atoms with Gasteiger partial charge in [0.05, 0.1) is 14.1 Å². The summed E-state index contributed by atoms with van der Waals surface area (Å²) in [6.07, 6.45) is 43.5. The van der Waals surface area contributed by atoms with E-state index in [0.717, 1.165) is 73.9 Å². The molecule has 0 aromatic carbocycles. The normalized spacial score (nSPS) is 19.2. The van der Waals surface area contributed by atoms with Crippen LogP contribution in [0.15, 0.2) is 24.3 Å². The molecule has 0 aromatic rings. The van der Waals surface area contributed by atoms with Crippen molar-refractivity contribution < 1.29 is 28.0 Å². The molecule has 0 radical (unpaired) electrons. The van der Waals surface area contributed by atoms with Gasteiger partial charge in [-0.25, -0.2) is 0 Å². The summed E-state index contributed by atoms with van der Waals surface area (Å²) in [5, 5.41) is 0. The summed E-state index contributed by atoms with van der Waals surface area (Å²) in [5.74, 6) is -0.0733. The Morgan fingerprint density at radius 1 is 0.423 bits per heavy atom. The Morgan fingerprint density at radius 3 is 1.00 bits per heavy atom. The molecule has 1 aliphatic rings. The number of rotatable bonds is 36. The summed E-state index contributed by atoms with van der Waals surface area (Å²) in [7, 11) is 4.57. The van der Waals surface area contributed by atoms with Gasteiger partial charge in [0.2, 0.25) is 0 Å². The third-order valence-electron chi connectivity index (χ3n) is 11.4. The van der Waals surface area contributed by atoms with E-state index in [-0.39, 0.29) is 11.9 Å². The molecule has 304 valence electrons. The van der Waals surface area contributed by atoms with Gasteiger partial charge in [-0.1, -0.05) is 141 Å². The predicted octanol–water partition coefficient (Wildman–Crippen LogP) is 12.1. The van der Waals surface area contributed by atoms with Crippen LogP contribution in [0.5, 0.6) is 0 Å². The van der Waals surface area contributed by atoms with Gasteiger partial charge in [-0.05, 0) is 64.2 Å². The minimum Gasteiger partial charge on any atom is -0.460 e. The number of quaternary nitrogens is 2. The second-order valence-electron chi connectivity index (χ2n) is 16.7. The topological polar surface area (TPSA) is 52.6 Å². The minimum atomic E-state index is -0.0366. The molecule has 0 amide bonds. The number of piperazine rings is 1. The zero-order valence-corrected chi connectivity index (χ0v) is 35.3. The molecule has 0 aliphatic carbocycles. The van der Waals surface area contributed by atoms with Crippen LogP contribution in [0.1, 0.15) is 194 Å². The van der Waals surface area contributed by atoms with Crippen LogP contribution in [0.2, 0.25) is 0 Å². The van der Waals surface area contributed by atoms with E-state index < -0.39 is 0 Å². The fourth-order valence-electron chi connectivity index (χ4n) is 7.22. The quantitative estimate of drug-likeness (QED) is 0.0278. The second kappa shape index (κ2) is 33.9. The van der Waals surface area contributed by atoms with E-state index in [0.29, 0.717) is 26.1 Å². The second-order valence-corrected chi connectivity index (χ2v) is 16.7. The summed E-state index contributed by atoms with van der Waals surface area (Å²) in [5.41, 5.74) is 0. The number of ether oxygens (including phenoxy) is 2. The lowest BCUT2D eigenvalue weighted by atomic mass is 10.1. The van der Waals surface area contributed by atoms with E-state index in [9.17, 15) is 9.59 Å². The maximum Gasteiger partial charge on any atom is 0.305 e. The number of allylic oxidation sites excluding steroid dienone is 4. The molecule has 6 heteroatoms. The van der Waals surface area contributed by atoms with E-state index in [1.165, 1.54) is 141 Å². The highest BCUT2D eigenvalue weighted by Crippen LogP contribution is 2.17. The van der Waals surface area contributed by atoms with Crippen LogP contribution >= 0.6 is 0 Å². The third kappa shape index (κ3) is 29.8. The highest BCUT2D eigenvalue weighted by Gasteiger charge is 2.37. The molecule has 52 heavy (non-hydrogen) atoms. The number of carbonyl (C=O) groups excluding carboxylic acids is 2.